The first-order valence-corrected chi connectivity index (χ1v) is 5.41. The van der Waals surface area contributed by atoms with Gasteiger partial charge < -0.3 is 5.32 Å². The zero-order chi connectivity index (χ0) is 12.2. The normalized spacial score (nSPS) is 10.2. The van der Waals surface area contributed by atoms with Gasteiger partial charge in [0.05, 0.1) is 5.69 Å². The first kappa shape index (κ1) is 10.4. The van der Waals surface area contributed by atoms with Crippen molar-refractivity contribution in [3.8, 4) is 5.69 Å². The summed E-state index contributed by atoms with van der Waals surface area (Å²) in [7, 11) is 0. The third kappa shape index (κ3) is 2.17. The molecule has 0 saturated heterocycles. The van der Waals surface area contributed by atoms with Gasteiger partial charge in [0.1, 0.15) is 12.7 Å². The summed E-state index contributed by atoms with van der Waals surface area (Å²) in [6.07, 6.45) is 6.55. The van der Waals surface area contributed by atoms with Crippen LogP contribution < -0.4 is 5.32 Å². The fourth-order valence-corrected chi connectivity index (χ4v) is 1.53. The molecular weight excluding hydrogens is 228 g/mol. The Hall–Kier alpha value is -2.76. The topological polar surface area (TPSA) is 68.5 Å². The average Bonchev–Trinajstić information content (AvgIpc) is 2.95. The van der Waals surface area contributed by atoms with Gasteiger partial charge in [-0.2, -0.15) is 5.10 Å². The zero-order valence-corrected chi connectivity index (χ0v) is 9.43. The summed E-state index contributed by atoms with van der Waals surface area (Å²) < 4.78 is 1.70. The highest BCUT2D eigenvalue weighted by molar-refractivity contribution is 5.55. The van der Waals surface area contributed by atoms with Gasteiger partial charge in [-0.05, 0) is 30.3 Å². The van der Waals surface area contributed by atoms with E-state index < -0.39 is 0 Å². The van der Waals surface area contributed by atoms with E-state index in [1.807, 2.05) is 24.3 Å². The van der Waals surface area contributed by atoms with Crippen LogP contribution in [-0.2, 0) is 0 Å². The molecule has 0 fully saturated rings. The molecule has 18 heavy (non-hydrogen) atoms. The predicted molar refractivity (Wildman–Crippen MR) is 66.7 cm³/mol. The van der Waals surface area contributed by atoms with Gasteiger partial charge in [-0.3, -0.25) is 0 Å². The maximum atomic E-state index is 4.10. The van der Waals surface area contributed by atoms with E-state index in [0.717, 1.165) is 11.4 Å². The molecule has 0 aliphatic heterocycles. The van der Waals surface area contributed by atoms with E-state index >= 15 is 0 Å². The van der Waals surface area contributed by atoms with Gasteiger partial charge in [0, 0.05) is 18.1 Å². The summed E-state index contributed by atoms with van der Waals surface area (Å²) in [5, 5.41) is 7.17. The molecule has 3 rings (SSSR count). The fraction of sp³-hybridized carbons (Fsp3) is 0. The van der Waals surface area contributed by atoms with Gasteiger partial charge in [0.15, 0.2) is 0 Å². The molecule has 0 saturated carbocycles. The summed E-state index contributed by atoms with van der Waals surface area (Å²) in [5.74, 6) is 0.575. The molecule has 0 aliphatic carbocycles. The van der Waals surface area contributed by atoms with Crippen molar-refractivity contribution in [3.05, 3.63) is 55.4 Å². The average molecular weight is 238 g/mol. The first-order chi connectivity index (χ1) is 8.92. The van der Waals surface area contributed by atoms with Crippen LogP contribution in [0.15, 0.2) is 55.4 Å². The van der Waals surface area contributed by atoms with Crippen LogP contribution in [0.2, 0.25) is 0 Å². The van der Waals surface area contributed by atoms with Crippen molar-refractivity contribution in [1.29, 1.82) is 0 Å². The largest absolute Gasteiger partial charge is 0.324 e. The summed E-state index contributed by atoms with van der Waals surface area (Å²) in [4.78, 5) is 12.1. The second-order valence-corrected chi connectivity index (χ2v) is 3.58. The number of nitrogens with zero attached hydrogens (tertiary/aromatic N) is 5. The van der Waals surface area contributed by atoms with E-state index in [0.29, 0.717) is 5.95 Å². The number of hydrogen-bond acceptors (Lipinski definition) is 5. The number of nitrogens with one attached hydrogen (secondary N) is 1. The highest BCUT2D eigenvalue weighted by atomic mass is 15.3. The lowest BCUT2D eigenvalue weighted by molar-refractivity contribution is 0.879. The molecule has 0 atom stereocenters. The summed E-state index contributed by atoms with van der Waals surface area (Å²) in [5.41, 5.74) is 1.87. The van der Waals surface area contributed by atoms with Crippen molar-refractivity contribution in [3.63, 3.8) is 0 Å². The molecule has 0 spiro atoms. The van der Waals surface area contributed by atoms with Crippen LogP contribution in [0.4, 0.5) is 11.6 Å². The smallest absolute Gasteiger partial charge is 0.227 e. The number of anilines is 2. The van der Waals surface area contributed by atoms with Crippen LogP contribution in [0.5, 0.6) is 0 Å². The van der Waals surface area contributed by atoms with Crippen LogP contribution in [0.25, 0.3) is 5.69 Å². The third-order valence-corrected chi connectivity index (χ3v) is 2.37. The van der Waals surface area contributed by atoms with Gasteiger partial charge in [0.25, 0.3) is 0 Å². The van der Waals surface area contributed by atoms with Gasteiger partial charge in [0.2, 0.25) is 5.95 Å². The first-order valence-electron chi connectivity index (χ1n) is 5.41. The highest BCUT2D eigenvalue weighted by Crippen LogP contribution is 2.14. The molecule has 2 heterocycles. The number of hydrogen-bond donors (Lipinski definition) is 1. The standard InChI is InChI=1S/C12H10N6/c1-6-14-12(15-7-1)17-10-2-4-11(5-3-10)18-9-13-8-16-18/h1-9H,(H,14,15,17). The lowest BCUT2D eigenvalue weighted by atomic mass is 10.3. The Bertz CT molecular complexity index is 603. The zero-order valence-electron chi connectivity index (χ0n) is 9.43. The Kier molecular flexibility index (Phi) is 2.67. The Morgan fingerprint density at radius 3 is 2.44 bits per heavy atom. The predicted octanol–water partition coefficient (Wildman–Crippen LogP) is 1.80. The van der Waals surface area contributed by atoms with Crippen LogP contribution in [0.3, 0.4) is 0 Å². The molecule has 0 aliphatic rings. The van der Waals surface area contributed by atoms with Crippen molar-refractivity contribution < 1.29 is 0 Å². The van der Waals surface area contributed by atoms with Crippen molar-refractivity contribution in [1.82, 2.24) is 24.7 Å². The summed E-state index contributed by atoms with van der Waals surface area (Å²) in [6, 6.07) is 9.54. The van der Waals surface area contributed by atoms with E-state index in [2.05, 4.69) is 25.4 Å². The van der Waals surface area contributed by atoms with Crippen molar-refractivity contribution >= 4 is 11.6 Å². The van der Waals surface area contributed by atoms with Crippen molar-refractivity contribution in [2.24, 2.45) is 0 Å². The lowest BCUT2D eigenvalue weighted by Crippen LogP contribution is -1.97. The van der Waals surface area contributed by atoms with Crippen molar-refractivity contribution in [2.45, 2.75) is 0 Å². The molecular formula is C12H10N6. The molecule has 1 N–H and O–H groups in total. The van der Waals surface area contributed by atoms with Gasteiger partial charge in [-0.25, -0.2) is 19.6 Å². The Morgan fingerprint density at radius 1 is 1.00 bits per heavy atom. The number of aromatic nitrogens is 5. The van der Waals surface area contributed by atoms with Crippen LogP contribution in [-0.4, -0.2) is 24.7 Å². The molecule has 6 heteroatoms. The summed E-state index contributed by atoms with van der Waals surface area (Å²) in [6.45, 7) is 0. The molecule has 3 aromatic rings. The van der Waals surface area contributed by atoms with Crippen LogP contribution >= 0.6 is 0 Å². The Morgan fingerprint density at radius 2 is 1.78 bits per heavy atom. The van der Waals surface area contributed by atoms with Crippen molar-refractivity contribution in [2.75, 3.05) is 5.32 Å². The highest BCUT2D eigenvalue weighted by Gasteiger charge is 1.98. The summed E-state index contributed by atoms with van der Waals surface area (Å²) >= 11 is 0. The van der Waals surface area contributed by atoms with Gasteiger partial charge >= 0.3 is 0 Å². The monoisotopic (exact) mass is 238 g/mol. The van der Waals surface area contributed by atoms with E-state index in [4.69, 9.17) is 0 Å². The Labute approximate surface area is 103 Å². The van der Waals surface area contributed by atoms with E-state index in [-0.39, 0.29) is 0 Å². The van der Waals surface area contributed by atoms with E-state index in [1.54, 1.807) is 29.5 Å². The molecule has 0 amide bonds. The minimum atomic E-state index is 0.575. The number of rotatable bonds is 3. The molecule has 0 bridgehead atoms. The van der Waals surface area contributed by atoms with Crippen LogP contribution in [0.1, 0.15) is 0 Å². The molecule has 1 aromatic carbocycles. The second-order valence-electron chi connectivity index (χ2n) is 3.58. The quantitative estimate of drug-likeness (QED) is 0.753. The van der Waals surface area contributed by atoms with Gasteiger partial charge in [-0.1, -0.05) is 0 Å². The Balaban J connectivity index is 1.80. The minimum absolute atomic E-state index is 0.575. The fourth-order valence-electron chi connectivity index (χ4n) is 1.53. The third-order valence-electron chi connectivity index (χ3n) is 2.37. The molecule has 0 unspecified atom stereocenters. The molecule has 6 nitrogen and oxygen atoms in total. The minimum Gasteiger partial charge on any atom is -0.324 e. The second kappa shape index (κ2) is 4.62. The number of benzene rings is 1. The SMILES string of the molecule is c1cnc(Nc2ccc(-n3cncn3)cc2)nc1. The lowest BCUT2D eigenvalue weighted by Gasteiger charge is -2.05. The maximum Gasteiger partial charge on any atom is 0.227 e. The molecule has 2 aromatic heterocycles. The van der Waals surface area contributed by atoms with E-state index in [1.165, 1.54) is 6.33 Å². The van der Waals surface area contributed by atoms with E-state index in [9.17, 15) is 0 Å². The van der Waals surface area contributed by atoms with Gasteiger partial charge in [-0.15, -0.1) is 0 Å². The maximum absolute atomic E-state index is 4.10. The molecule has 88 valence electrons. The molecule has 0 radical (unpaired) electrons. The van der Waals surface area contributed by atoms with Crippen LogP contribution in [0, 0.1) is 0 Å².